The van der Waals surface area contributed by atoms with E-state index in [1.165, 1.54) is 13.3 Å². The van der Waals surface area contributed by atoms with E-state index in [1.54, 1.807) is 6.20 Å². The molecule has 0 amide bonds. The molecule has 0 bridgehead atoms. The van der Waals surface area contributed by atoms with Crippen molar-refractivity contribution in [2.45, 2.75) is 25.8 Å². The second kappa shape index (κ2) is 6.50. The lowest BCUT2D eigenvalue weighted by molar-refractivity contribution is 0.0657. The van der Waals surface area contributed by atoms with E-state index in [0.717, 1.165) is 37.4 Å². The number of aromatic nitrogens is 4. The van der Waals surface area contributed by atoms with Gasteiger partial charge in [-0.1, -0.05) is 11.6 Å². The molecule has 1 N–H and O–H groups in total. The van der Waals surface area contributed by atoms with Crippen LogP contribution >= 0.6 is 11.6 Å². The minimum atomic E-state index is 0.341. The van der Waals surface area contributed by atoms with Gasteiger partial charge < -0.3 is 14.8 Å². The normalized spacial score (nSPS) is 15.8. The van der Waals surface area contributed by atoms with Gasteiger partial charge in [0.05, 0.1) is 36.9 Å². The zero-order chi connectivity index (χ0) is 15.5. The van der Waals surface area contributed by atoms with Crippen molar-refractivity contribution in [2.75, 3.05) is 25.6 Å². The maximum Gasteiger partial charge on any atom is 0.237 e. The summed E-state index contributed by atoms with van der Waals surface area (Å²) in [5.74, 6) is 0.768. The third kappa shape index (κ3) is 3.00. The van der Waals surface area contributed by atoms with E-state index < -0.39 is 0 Å². The average molecular weight is 324 g/mol. The second-order valence-corrected chi connectivity index (χ2v) is 5.51. The maximum absolute atomic E-state index is 5.93. The van der Waals surface area contributed by atoms with Crippen molar-refractivity contribution in [3.63, 3.8) is 0 Å². The van der Waals surface area contributed by atoms with Crippen molar-refractivity contribution in [3.05, 3.63) is 23.1 Å². The van der Waals surface area contributed by atoms with Gasteiger partial charge in [-0.3, -0.25) is 4.68 Å². The summed E-state index contributed by atoms with van der Waals surface area (Å²) < 4.78 is 12.5. The van der Waals surface area contributed by atoms with Crippen molar-refractivity contribution >= 4 is 23.2 Å². The quantitative estimate of drug-likeness (QED) is 0.932. The molecule has 118 valence electrons. The molecule has 0 aliphatic carbocycles. The maximum atomic E-state index is 5.93. The Hall–Kier alpha value is -1.86. The molecule has 1 aliphatic heterocycles. The topological polar surface area (TPSA) is 74.1 Å². The number of ether oxygens (including phenoxy) is 2. The highest BCUT2D eigenvalue weighted by Crippen LogP contribution is 2.27. The fraction of sp³-hybridized carbons (Fsp3) is 0.500. The fourth-order valence-corrected chi connectivity index (χ4v) is 2.69. The number of nitrogens with one attached hydrogen (secondary N) is 1. The summed E-state index contributed by atoms with van der Waals surface area (Å²) >= 11 is 5.93. The molecule has 0 spiro atoms. The van der Waals surface area contributed by atoms with Crippen LogP contribution in [-0.2, 0) is 4.74 Å². The molecule has 1 fully saturated rings. The lowest BCUT2D eigenvalue weighted by Crippen LogP contribution is -2.21. The molecule has 7 nitrogen and oxygen atoms in total. The van der Waals surface area contributed by atoms with Crippen molar-refractivity contribution in [1.29, 1.82) is 0 Å². The van der Waals surface area contributed by atoms with Gasteiger partial charge in [0.15, 0.2) is 0 Å². The van der Waals surface area contributed by atoms with E-state index in [0.29, 0.717) is 22.9 Å². The summed E-state index contributed by atoms with van der Waals surface area (Å²) in [4.78, 5) is 8.37. The molecule has 1 saturated heterocycles. The van der Waals surface area contributed by atoms with E-state index in [2.05, 4.69) is 20.4 Å². The Bertz CT molecular complexity index is 655. The van der Waals surface area contributed by atoms with Gasteiger partial charge in [-0.2, -0.15) is 10.1 Å². The first-order valence-corrected chi connectivity index (χ1v) is 7.52. The number of rotatable bonds is 4. The molecular weight excluding hydrogens is 306 g/mol. The van der Waals surface area contributed by atoms with Crippen LogP contribution in [0.2, 0.25) is 5.02 Å². The lowest BCUT2D eigenvalue weighted by Gasteiger charge is -2.23. The predicted molar refractivity (Wildman–Crippen MR) is 82.9 cm³/mol. The van der Waals surface area contributed by atoms with E-state index in [4.69, 9.17) is 21.1 Å². The number of methoxy groups -OCH3 is 1. The summed E-state index contributed by atoms with van der Waals surface area (Å²) in [6.07, 6.45) is 5.25. The number of nitrogens with zero attached hydrogens (tertiary/aromatic N) is 4. The Morgan fingerprint density at radius 1 is 1.36 bits per heavy atom. The van der Waals surface area contributed by atoms with Gasteiger partial charge in [0.1, 0.15) is 5.02 Å². The summed E-state index contributed by atoms with van der Waals surface area (Å²) in [6.45, 7) is 3.59. The summed E-state index contributed by atoms with van der Waals surface area (Å²) in [5, 5.41) is 8.02. The molecule has 0 unspecified atom stereocenters. The molecule has 3 rings (SSSR count). The van der Waals surface area contributed by atoms with Gasteiger partial charge in [0.25, 0.3) is 0 Å². The molecule has 0 saturated carbocycles. The van der Waals surface area contributed by atoms with Crippen LogP contribution in [0.1, 0.15) is 24.6 Å². The number of hydrogen-bond donors (Lipinski definition) is 1. The Labute approximate surface area is 133 Å². The molecule has 22 heavy (non-hydrogen) atoms. The van der Waals surface area contributed by atoms with Crippen LogP contribution in [0.3, 0.4) is 0 Å². The average Bonchev–Trinajstić information content (AvgIpc) is 2.91. The summed E-state index contributed by atoms with van der Waals surface area (Å²) in [6, 6.07) is 0.380. The molecule has 0 atom stereocenters. The largest absolute Gasteiger partial charge is 0.480 e. The molecule has 3 heterocycles. The highest BCUT2D eigenvalue weighted by molar-refractivity contribution is 6.31. The van der Waals surface area contributed by atoms with Crippen LogP contribution < -0.4 is 10.1 Å². The van der Waals surface area contributed by atoms with Gasteiger partial charge in [-0.05, 0) is 19.8 Å². The molecular formula is C14H18ClN5O2. The van der Waals surface area contributed by atoms with Gasteiger partial charge in [-0.15, -0.1) is 0 Å². The number of anilines is 2. The first-order valence-electron chi connectivity index (χ1n) is 7.14. The smallest absolute Gasteiger partial charge is 0.237 e. The molecule has 0 aromatic carbocycles. The second-order valence-electron chi connectivity index (χ2n) is 5.11. The highest BCUT2D eigenvalue weighted by atomic mass is 35.5. The number of halogens is 1. The fourth-order valence-electron chi connectivity index (χ4n) is 2.52. The van der Waals surface area contributed by atoms with E-state index >= 15 is 0 Å². The molecule has 8 heteroatoms. The van der Waals surface area contributed by atoms with Crippen molar-refractivity contribution in [1.82, 2.24) is 19.7 Å². The van der Waals surface area contributed by atoms with Crippen LogP contribution in [0.15, 0.2) is 12.4 Å². The highest BCUT2D eigenvalue weighted by Gasteiger charge is 2.19. The Morgan fingerprint density at radius 2 is 2.14 bits per heavy atom. The zero-order valence-corrected chi connectivity index (χ0v) is 13.3. The minimum Gasteiger partial charge on any atom is -0.480 e. The first-order chi connectivity index (χ1) is 10.7. The number of hydrogen-bond acceptors (Lipinski definition) is 6. The monoisotopic (exact) mass is 323 g/mol. The van der Waals surface area contributed by atoms with Crippen LogP contribution in [-0.4, -0.2) is 40.1 Å². The van der Waals surface area contributed by atoms with Crippen LogP contribution in [0.4, 0.5) is 11.6 Å². The Balaban J connectivity index is 1.79. The third-order valence-corrected chi connectivity index (χ3v) is 3.99. The summed E-state index contributed by atoms with van der Waals surface area (Å²) in [5.41, 5.74) is 1.92. The summed E-state index contributed by atoms with van der Waals surface area (Å²) in [7, 11) is 1.52. The molecule has 2 aromatic rings. The Kier molecular flexibility index (Phi) is 4.44. The van der Waals surface area contributed by atoms with Gasteiger partial charge >= 0.3 is 0 Å². The predicted octanol–water partition coefficient (Wildman–Crippen LogP) is 2.74. The van der Waals surface area contributed by atoms with Crippen LogP contribution in [0.5, 0.6) is 5.88 Å². The van der Waals surface area contributed by atoms with Crippen molar-refractivity contribution < 1.29 is 9.47 Å². The van der Waals surface area contributed by atoms with Gasteiger partial charge in [0, 0.05) is 13.2 Å². The van der Waals surface area contributed by atoms with E-state index in [1.807, 2.05) is 11.6 Å². The van der Waals surface area contributed by atoms with Crippen molar-refractivity contribution in [3.8, 4) is 5.88 Å². The van der Waals surface area contributed by atoms with E-state index in [-0.39, 0.29) is 0 Å². The lowest BCUT2D eigenvalue weighted by atomic mass is 10.1. The first kappa shape index (κ1) is 15.1. The van der Waals surface area contributed by atoms with Crippen LogP contribution in [0, 0.1) is 6.92 Å². The van der Waals surface area contributed by atoms with Gasteiger partial charge in [0.2, 0.25) is 11.8 Å². The molecule has 0 radical (unpaired) electrons. The van der Waals surface area contributed by atoms with E-state index in [9.17, 15) is 0 Å². The zero-order valence-electron chi connectivity index (χ0n) is 12.5. The third-order valence-electron chi connectivity index (χ3n) is 3.73. The van der Waals surface area contributed by atoms with Crippen LogP contribution in [0.25, 0.3) is 0 Å². The molecule has 1 aliphatic rings. The minimum absolute atomic E-state index is 0.341. The Morgan fingerprint density at radius 3 is 2.86 bits per heavy atom. The SMILES string of the molecule is COc1nc(Nc2cnn(C3CCOCC3)c2C)ncc1Cl. The standard InChI is InChI=1S/C14H18ClN5O2/c1-9-12(8-17-20(9)10-3-5-22-6-4-10)18-14-16-7-11(15)13(19-14)21-2/h7-8,10H,3-6H2,1-2H3,(H,16,18,19). The van der Waals surface area contributed by atoms with Crippen molar-refractivity contribution in [2.24, 2.45) is 0 Å². The molecule has 2 aromatic heterocycles. The van der Waals surface area contributed by atoms with Gasteiger partial charge in [-0.25, -0.2) is 4.98 Å².